The van der Waals surface area contributed by atoms with Gasteiger partial charge in [0.2, 0.25) is 0 Å². The molecule has 2 aromatic carbocycles. The number of benzene rings is 2. The van der Waals surface area contributed by atoms with Gasteiger partial charge in [-0.15, -0.1) is 0 Å². The standard InChI is InChI=1S/C16H11ClF3NO2/c17-11-7-5-10(6-8-11)14(22)12-3-1-2-4-13(12)15(23)21-9-16(18,19)20/h1-8H,9H2,(H,21,23). The third-order valence-corrected chi connectivity index (χ3v) is 3.22. The average molecular weight is 342 g/mol. The SMILES string of the molecule is O=C(NCC(F)(F)F)c1ccccc1C(=O)c1ccc(Cl)cc1. The van der Waals surface area contributed by atoms with Gasteiger partial charge in [-0.2, -0.15) is 13.2 Å². The minimum atomic E-state index is -4.52. The summed E-state index contributed by atoms with van der Waals surface area (Å²) < 4.78 is 36.6. The van der Waals surface area contributed by atoms with E-state index >= 15 is 0 Å². The lowest BCUT2D eigenvalue weighted by Crippen LogP contribution is -2.34. The molecule has 2 aromatic rings. The van der Waals surface area contributed by atoms with E-state index in [1.807, 2.05) is 0 Å². The van der Waals surface area contributed by atoms with Gasteiger partial charge in [-0.1, -0.05) is 29.8 Å². The fraction of sp³-hybridized carbons (Fsp3) is 0.125. The van der Waals surface area contributed by atoms with Crippen molar-refractivity contribution in [3.05, 3.63) is 70.2 Å². The molecular formula is C16H11ClF3NO2. The Morgan fingerprint density at radius 2 is 1.52 bits per heavy atom. The van der Waals surface area contributed by atoms with Gasteiger partial charge < -0.3 is 5.32 Å². The molecule has 0 aliphatic heterocycles. The second kappa shape index (κ2) is 6.83. The highest BCUT2D eigenvalue weighted by Crippen LogP contribution is 2.18. The number of rotatable bonds is 4. The average Bonchev–Trinajstić information content (AvgIpc) is 2.52. The lowest BCUT2D eigenvalue weighted by atomic mass is 9.98. The first-order valence-electron chi connectivity index (χ1n) is 6.52. The van der Waals surface area contributed by atoms with Crippen molar-refractivity contribution in [3.63, 3.8) is 0 Å². The molecule has 0 unspecified atom stereocenters. The minimum Gasteiger partial charge on any atom is -0.343 e. The Balaban J connectivity index is 2.28. The van der Waals surface area contributed by atoms with E-state index in [1.54, 1.807) is 5.32 Å². The van der Waals surface area contributed by atoms with Crippen molar-refractivity contribution in [1.82, 2.24) is 5.32 Å². The van der Waals surface area contributed by atoms with Crippen molar-refractivity contribution in [2.24, 2.45) is 0 Å². The first-order valence-corrected chi connectivity index (χ1v) is 6.90. The summed E-state index contributed by atoms with van der Waals surface area (Å²) in [7, 11) is 0. The Kier molecular flexibility index (Phi) is 5.05. The zero-order valence-electron chi connectivity index (χ0n) is 11.7. The summed E-state index contributed by atoms with van der Waals surface area (Å²) in [4.78, 5) is 24.4. The molecule has 0 aromatic heterocycles. The molecule has 0 heterocycles. The molecule has 0 saturated carbocycles. The van der Waals surface area contributed by atoms with Crippen LogP contribution in [0, 0.1) is 0 Å². The maximum absolute atomic E-state index is 12.4. The molecule has 0 radical (unpaired) electrons. The van der Waals surface area contributed by atoms with Crippen LogP contribution in [0.1, 0.15) is 26.3 Å². The van der Waals surface area contributed by atoms with Crippen molar-refractivity contribution in [2.45, 2.75) is 6.18 Å². The zero-order chi connectivity index (χ0) is 17.0. The van der Waals surface area contributed by atoms with Crippen molar-refractivity contribution in [3.8, 4) is 0 Å². The number of hydrogen-bond acceptors (Lipinski definition) is 2. The minimum absolute atomic E-state index is 0.0227. The van der Waals surface area contributed by atoms with Crippen LogP contribution in [0.5, 0.6) is 0 Å². The summed E-state index contributed by atoms with van der Waals surface area (Å²) in [6.07, 6.45) is -4.52. The molecule has 23 heavy (non-hydrogen) atoms. The lowest BCUT2D eigenvalue weighted by molar-refractivity contribution is -0.123. The maximum Gasteiger partial charge on any atom is 0.405 e. The van der Waals surface area contributed by atoms with Crippen LogP contribution in [0.4, 0.5) is 13.2 Å². The van der Waals surface area contributed by atoms with Gasteiger partial charge in [0, 0.05) is 16.1 Å². The third-order valence-electron chi connectivity index (χ3n) is 2.97. The van der Waals surface area contributed by atoms with Crippen LogP contribution in [0.2, 0.25) is 5.02 Å². The van der Waals surface area contributed by atoms with Crippen LogP contribution in [0.3, 0.4) is 0 Å². The van der Waals surface area contributed by atoms with E-state index in [9.17, 15) is 22.8 Å². The lowest BCUT2D eigenvalue weighted by Gasteiger charge is -2.11. The van der Waals surface area contributed by atoms with Gasteiger partial charge in [0.15, 0.2) is 5.78 Å². The van der Waals surface area contributed by atoms with Crippen LogP contribution in [0.25, 0.3) is 0 Å². The number of nitrogens with one attached hydrogen (secondary N) is 1. The van der Waals surface area contributed by atoms with Gasteiger partial charge in [-0.25, -0.2) is 0 Å². The zero-order valence-corrected chi connectivity index (χ0v) is 12.4. The van der Waals surface area contributed by atoms with Gasteiger partial charge >= 0.3 is 6.18 Å². The van der Waals surface area contributed by atoms with Crippen molar-refractivity contribution in [1.29, 1.82) is 0 Å². The Morgan fingerprint density at radius 1 is 0.957 bits per heavy atom. The largest absolute Gasteiger partial charge is 0.405 e. The fourth-order valence-corrected chi connectivity index (χ4v) is 2.04. The second-order valence-electron chi connectivity index (χ2n) is 4.68. The maximum atomic E-state index is 12.4. The number of hydrogen-bond donors (Lipinski definition) is 1. The molecule has 2 rings (SSSR count). The van der Waals surface area contributed by atoms with Crippen LogP contribution in [-0.2, 0) is 0 Å². The molecule has 3 nitrogen and oxygen atoms in total. The number of alkyl halides is 3. The van der Waals surface area contributed by atoms with E-state index in [-0.39, 0.29) is 16.7 Å². The molecule has 1 N–H and O–H groups in total. The third kappa shape index (κ3) is 4.56. The van der Waals surface area contributed by atoms with Crippen LogP contribution in [0.15, 0.2) is 48.5 Å². The van der Waals surface area contributed by atoms with Gasteiger partial charge in [0.1, 0.15) is 6.54 Å². The summed E-state index contributed by atoms with van der Waals surface area (Å²) >= 11 is 5.75. The molecule has 0 bridgehead atoms. The Labute approximate surface area is 135 Å². The number of halogens is 4. The molecule has 0 saturated heterocycles. The highest BCUT2D eigenvalue weighted by molar-refractivity contribution is 6.30. The van der Waals surface area contributed by atoms with Crippen molar-refractivity contribution >= 4 is 23.3 Å². The number of carbonyl (C=O) groups excluding carboxylic acids is 2. The normalized spacial score (nSPS) is 11.1. The highest BCUT2D eigenvalue weighted by atomic mass is 35.5. The van der Waals surface area contributed by atoms with E-state index in [4.69, 9.17) is 11.6 Å². The molecule has 0 fully saturated rings. The number of carbonyl (C=O) groups is 2. The summed E-state index contributed by atoms with van der Waals surface area (Å²) in [6.45, 7) is -1.46. The highest BCUT2D eigenvalue weighted by Gasteiger charge is 2.28. The van der Waals surface area contributed by atoms with Gasteiger partial charge in [0.05, 0.1) is 5.56 Å². The van der Waals surface area contributed by atoms with E-state index < -0.39 is 24.4 Å². The first kappa shape index (κ1) is 17.0. The summed E-state index contributed by atoms with van der Waals surface area (Å²) in [5.74, 6) is -1.43. The molecule has 0 spiro atoms. The van der Waals surface area contributed by atoms with Gasteiger partial charge in [0.25, 0.3) is 5.91 Å². The molecule has 0 aliphatic rings. The number of amides is 1. The van der Waals surface area contributed by atoms with Crippen molar-refractivity contribution in [2.75, 3.05) is 6.54 Å². The van der Waals surface area contributed by atoms with Crippen molar-refractivity contribution < 1.29 is 22.8 Å². The van der Waals surface area contributed by atoms with E-state index in [2.05, 4.69) is 0 Å². The smallest absolute Gasteiger partial charge is 0.343 e. The predicted octanol–water partition coefficient (Wildman–Crippen LogP) is 3.86. The fourth-order valence-electron chi connectivity index (χ4n) is 1.91. The van der Waals surface area contributed by atoms with Crippen LogP contribution in [-0.4, -0.2) is 24.4 Å². The monoisotopic (exact) mass is 341 g/mol. The Morgan fingerprint density at radius 3 is 2.09 bits per heavy atom. The van der Waals surface area contributed by atoms with Gasteiger partial charge in [-0.3, -0.25) is 9.59 Å². The van der Waals surface area contributed by atoms with E-state index in [0.29, 0.717) is 5.02 Å². The van der Waals surface area contributed by atoms with Gasteiger partial charge in [-0.05, 0) is 30.3 Å². The first-order chi connectivity index (χ1) is 10.8. The summed E-state index contributed by atoms with van der Waals surface area (Å²) in [6, 6.07) is 11.7. The molecule has 0 atom stereocenters. The van der Waals surface area contributed by atoms with Crippen LogP contribution < -0.4 is 5.32 Å². The van der Waals surface area contributed by atoms with E-state index in [0.717, 1.165) is 0 Å². The topological polar surface area (TPSA) is 46.2 Å². The predicted molar refractivity (Wildman–Crippen MR) is 79.7 cm³/mol. The molecular weight excluding hydrogens is 331 g/mol. The quantitative estimate of drug-likeness (QED) is 0.858. The van der Waals surface area contributed by atoms with E-state index in [1.165, 1.54) is 48.5 Å². The molecule has 120 valence electrons. The number of ketones is 1. The summed E-state index contributed by atoms with van der Waals surface area (Å²) in [5.41, 5.74) is 0.191. The molecule has 1 amide bonds. The second-order valence-corrected chi connectivity index (χ2v) is 5.12. The Hall–Kier alpha value is -2.34. The van der Waals surface area contributed by atoms with Crippen LogP contribution >= 0.6 is 11.6 Å². The molecule has 7 heteroatoms. The molecule has 0 aliphatic carbocycles. The summed E-state index contributed by atoms with van der Waals surface area (Å²) in [5, 5.41) is 2.20. The Bertz CT molecular complexity index is 727.